The number of rotatable bonds is 4. The second kappa shape index (κ2) is 8.46. The molecule has 2 aromatic carbocycles. The van der Waals surface area contributed by atoms with Crippen molar-refractivity contribution in [2.75, 3.05) is 37.6 Å². The average Bonchev–Trinajstić information content (AvgIpc) is 3.17. The van der Waals surface area contributed by atoms with Crippen molar-refractivity contribution in [2.24, 2.45) is 0 Å². The molecular weight excluding hydrogens is 468 g/mol. The molecule has 2 fully saturated rings. The van der Waals surface area contributed by atoms with E-state index in [0.29, 0.717) is 24.1 Å². The van der Waals surface area contributed by atoms with Crippen molar-refractivity contribution in [3.63, 3.8) is 0 Å². The third-order valence-corrected chi connectivity index (χ3v) is 9.20. The van der Waals surface area contributed by atoms with E-state index in [-0.39, 0.29) is 55.3 Å². The van der Waals surface area contributed by atoms with Gasteiger partial charge in [-0.3, -0.25) is 19.3 Å². The third kappa shape index (κ3) is 3.81. The first-order valence-electron chi connectivity index (χ1n) is 11.7. The summed E-state index contributed by atoms with van der Waals surface area (Å²) >= 11 is 0. The highest BCUT2D eigenvalue weighted by atomic mass is 32.2. The molecule has 2 saturated heterocycles. The monoisotopic (exact) mass is 496 g/mol. The van der Waals surface area contributed by atoms with Crippen LogP contribution in [0.2, 0.25) is 0 Å². The van der Waals surface area contributed by atoms with Crippen LogP contribution in [0.1, 0.15) is 35.7 Å². The Morgan fingerprint density at radius 3 is 2.31 bits per heavy atom. The molecule has 35 heavy (non-hydrogen) atoms. The molecule has 3 aliphatic rings. The normalized spacial score (nSPS) is 22.9. The quantitative estimate of drug-likeness (QED) is 0.643. The number of para-hydroxylation sites is 1. The summed E-state index contributed by atoms with van der Waals surface area (Å²) in [4.78, 5) is 44.3. The summed E-state index contributed by atoms with van der Waals surface area (Å²) in [7, 11) is -3.64. The molecule has 0 N–H and O–H groups in total. The van der Waals surface area contributed by atoms with Crippen LogP contribution in [0.5, 0.6) is 0 Å². The molecule has 0 bridgehead atoms. The fourth-order valence-corrected chi connectivity index (χ4v) is 6.64. The van der Waals surface area contributed by atoms with Crippen molar-refractivity contribution in [2.45, 2.75) is 37.2 Å². The molecule has 0 spiro atoms. The second-order valence-electron chi connectivity index (χ2n) is 9.45. The van der Waals surface area contributed by atoms with Gasteiger partial charge in [0.1, 0.15) is 12.2 Å². The van der Waals surface area contributed by atoms with Crippen molar-refractivity contribution >= 4 is 33.4 Å². The topological polar surface area (TPSA) is 98.3 Å². The molecule has 184 valence electrons. The highest BCUT2D eigenvalue weighted by Gasteiger charge is 2.53. The van der Waals surface area contributed by atoms with E-state index in [1.807, 2.05) is 13.8 Å². The van der Waals surface area contributed by atoms with Crippen molar-refractivity contribution in [1.29, 1.82) is 0 Å². The first-order chi connectivity index (χ1) is 16.6. The lowest BCUT2D eigenvalue weighted by atomic mass is 9.98. The maximum absolute atomic E-state index is 13.4. The van der Waals surface area contributed by atoms with Gasteiger partial charge >= 0.3 is 0 Å². The van der Waals surface area contributed by atoms with E-state index >= 15 is 0 Å². The largest absolute Gasteiger partial charge is 0.339 e. The molecule has 2 aromatic rings. The number of aryl methyl sites for hydroxylation is 1. The van der Waals surface area contributed by atoms with Gasteiger partial charge in [0.15, 0.2) is 0 Å². The number of carbonyl (C=O) groups excluding carboxylic acids is 3. The number of hydrogen-bond donors (Lipinski definition) is 0. The molecule has 1 atom stereocenters. The molecule has 0 aliphatic carbocycles. The summed E-state index contributed by atoms with van der Waals surface area (Å²) in [6.07, 6.45) is 0.750. The summed E-state index contributed by atoms with van der Waals surface area (Å²) in [5.74, 6) is -0.603. The van der Waals surface area contributed by atoms with Crippen LogP contribution in [0.3, 0.4) is 0 Å². The molecule has 1 unspecified atom stereocenters. The van der Waals surface area contributed by atoms with E-state index in [2.05, 4.69) is 0 Å². The Morgan fingerprint density at radius 2 is 1.63 bits per heavy atom. The van der Waals surface area contributed by atoms with E-state index in [9.17, 15) is 22.8 Å². The van der Waals surface area contributed by atoms with Crippen molar-refractivity contribution < 1.29 is 22.8 Å². The molecule has 3 heterocycles. The highest BCUT2D eigenvalue weighted by Crippen LogP contribution is 2.43. The van der Waals surface area contributed by atoms with Gasteiger partial charge in [-0.25, -0.2) is 8.42 Å². The summed E-state index contributed by atoms with van der Waals surface area (Å²) < 4.78 is 27.4. The van der Waals surface area contributed by atoms with E-state index in [4.69, 9.17) is 0 Å². The fraction of sp³-hybridized carbons (Fsp3) is 0.400. The Morgan fingerprint density at radius 1 is 0.971 bits per heavy atom. The molecule has 0 aromatic heterocycles. The minimum atomic E-state index is -3.64. The summed E-state index contributed by atoms with van der Waals surface area (Å²) in [5.41, 5.74) is 1.06. The van der Waals surface area contributed by atoms with E-state index in [1.165, 1.54) is 9.21 Å². The van der Waals surface area contributed by atoms with E-state index in [1.54, 1.807) is 58.3 Å². The lowest BCUT2D eigenvalue weighted by Crippen LogP contribution is -2.64. The molecular formula is C25H28N4O5S. The summed E-state index contributed by atoms with van der Waals surface area (Å²) in [5, 5.41) is 0. The predicted molar refractivity (Wildman–Crippen MR) is 129 cm³/mol. The maximum Gasteiger partial charge on any atom is 0.258 e. The van der Waals surface area contributed by atoms with E-state index in [0.717, 1.165) is 5.56 Å². The first kappa shape index (κ1) is 23.5. The smallest absolute Gasteiger partial charge is 0.258 e. The zero-order valence-corrected chi connectivity index (χ0v) is 20.6. The first-order valence-corrected chi connectivity index (χ1v) is 13.2. The van der Waals surface area contributed by atoms with Crippen LogP contribution in [0, 0.1) is 6.92 Å². The zero-order valence-electron chi connectivity index (χ0n) is 19.8. The van der Waals surface area contributed by atoms with Crippen LogP contribution in [0.15, 0.2) is 53.4 Å². The van der Waals surface area contributed by atoms with Gasteiger partial charge in [-0.1, -0.05) is 29.8 Å². The maximum atomic E-state index is 13.4. The summed E-state index contributed by atoms with van der Waals surface area (Å²) in [6, 6.07) is 13.7. The fourth-order valence-electron chi connectivity index (χ4n) is 5.21. The second-order valence-corrected chi connectivity index (χ2v) is 11.4. The number of amides is 3. The third-order valence-electron chi connectivity index (χ3n) is 7.29. The van der Waals surface area contributed by atoms with Crippen LogP contribution in [0.4, 0.5) is 5.69 Å². The van der Waals surface area contributed by atoms with Crippen molar-refractivity contribution in [1.82, 2.24) is 14.1 Å². The standard InChI is InChI=1S/C25H28N4O5S/c1-18-7-9-19(10-8-18)35(33,34)27-15-13-26(14-16-27)23(31)17-28-24(32)20-5-3-4-6-21(20)29-22(30)11-12-25(28,29)2/h3-10H,11-17H2,1-2H3. The van der Waals surface area contributed by atoms with Gasteiger partial charge in [0.2, 0.25) is 21.8 Å². The van der Waals surface area contributed by atoms with Gasteiger partial charge < -0.3 is 9.80 Å². The van der Waals surface area contributed by atoms with Gasteiger partial charge in [0.05, 0.1) is 16.1 Å². The van der Waals surface area contributed by atoms with Gasteiger partial charge in [0.25, 0.3) is 5.91 Å². The van der Waals surface area contributed by atoms with Crippen molar-refractivity contribution in [3.05, 3.63) is 59.7 Å². The molecule has 0 saturated carbocycles. The van der Waals surface area contributed by atoms with Gasteiger partial charge in [-0.05, 0) is 44.5 Å². The molecule has 0 radical (unpaired) electrons. The Labute approximate surface area is 204 Å². The number of benzene rings is 2. The number of fused-ring (bicyclic) bond motifs is 3. The Bertz CT molecular complexity index is 1300. The average molecular weight is 497 g/mol. The van der Waals surface area contributed by atoms with Crippen LogP contribution in [0.25, 0.3) is 0 Å². The van der Waals surface area contributed by atoms with Crippen LogP contribution < -0.4 is 4.90 Å². The molecule has 3 amide bonds. The molecule has 9 nitrogen and oxygen atoms in total. The highest BCUT2D eigenvalue weighted by molar-refractivity contribution is 7.89. The number of carbonyl (C=O) groups is 3. The lowest BCUT2D eigenvalue weighted by Gasteiger charge is -2.48. The van der Waals surface area contributed by atoms with Gasteiger partial charge in [0, 0.05) is 32.6 Å². The van der Waals surface area contributed by atoms with Gasteiger partial charge in [-0.15, -0.1) is 0 Å². The number of nitrogens with zero attached hydrogens (tertiary/aromatic N) is 4. The zero-order chi connectivity index (χ0) is 25.0. The SMILES string of the molecule is Cc1ccc(S(=O)(=O)N2CCN(C(=O)CN3C(=O)c4ccccc4N4C(=O)CCC34C)CC2)cc1. The number of anilines is 1. The Hall–Kier alpha value is -3.24. The Kier molecular flexibility index (Phi) is 5.68. The minimum Gasteiger partial charge on any atom is -0.339 e. The lowest BCUT2D eigenvalue weighted by molar-refractivity contribution is -0.134. The van der Waals surface area contributed by atoms with Crippen LogP contribution >= 0.6 is 0 Å². The Balaban J connectivity index is 1.31. The van der Waals surface area contributed by atoms with Crippen LogP contribution in [-0.4, -0.2) is 78.6 Å². The number of hydrogen-bond acceptors (Lipinski definition) is 5. The molecule has 5 rings (SSSR count). The molecule has 3 aliphatic heterocycles. The number of sulfonamides is 1. The van der Waals surface area contributed by atoms with Crippen molar-refractivity contribution in [3.8, 4) is 0 Å². The van der Waals surface area contributed by atoms with Gasteiger partial charge in [-0.2, -0.15) is 4.31 Å². The minimum absolute atomic E-state index is 0.0696. The molecule has 10 heteroatoms. The van der Waals surface area contributed by atoms with E-state index < -0.39 is 15.7 Å². The number of piperazine rings is 1. The van der Waals surface area contributed by atoms with Crippen LogP contribution in [-0.2, 0) is 19.6 Å². The summed E-state index contributed by atoms with van der Waals surface area (Å²) in [6.45, 7) is 4.39. The predicted octanol–water partition coefficient (Wildman–Crippen LogP) is 1.83.